The van der Waals surface area contributed by atoms with E-state index in [1.54, 1.807) is 12.1 Å². The van der Waals surface area contributed by atoms with Gasteiger partial charge < -0.3 is 14.4 Å². The molecule has 1 N–H and O–H groups in total. The summed E-state index contributed by atoms with van der Waals surface area (Å²) < 4.78 is 11.2. The highest BCUT2D eigenvalue weighted by Gasteiger charge is 2.29. The SMILES string of the molecule is CC.CC(C)Oc1ccc(-c2nc(-c3cccc4c3CCC4N(C)CCO)no2)cc1C#N. The Bertz CT molecular complexity index is 1120. The Labute approximate surface area is 195 Å². The van der Waals surface area contributed by atoms with E-state index in [1.807, 2.05) is 52.9 Å². The summed E-state index contributed by atoms with van der Waals surface area (Å²) in [5, 5.41) is 23.0. The second kappa shape index (κ2) is 11.1. The molecule has 174 valence electrons. The lowest BCUT2D eigenvalue weighted by Crippen LogP contribution is -2.26. The molecule has 1 heterocycles. The van der Waals surface area contributed by atoms with Gasteiger partial charge in [-0.1, -0.05) is 37.2 Å². The third-order valence-electron chi connectivity index (χ3n) is 5.60. The van der Waals surface area contributed by atoms with Crippen LogP contribution in [0.15, 0.2) is 40.9 Å². The Morgan fingerprint density at radius 3 is 2.76 bits per heavy atom. The molecule has 1 aliphatic rings. The Morgan fingerprint density at radius 1 is 1.27 bits per heavy atom. The molecule has 7 nitrogen and oxygen atoms in total. The van der Waals surface area contributed by atoms with Crippen LogP contribution in [-0.2, 0) is 6.42 Å². The smallest absolute Gasteiger partial charge is 0.258 e. The summed E-state index contributed by atoms with van der Waals surface area (Å²) in [6, 6.07) is 13.9. The fourth-order valence-corrected chi connectivity index (χ4v) is 4.17. The number of aromatic nitrogens is 2. The highest BCUT2D eigenvalue weighted by molar-refractivity contribution is 5.67. The molecule has 0 fully saturated rings. The van der Waals surface area contributed by atoms with Gasteiger partial charge in [0.05, 0.1) is 18.3 Å². The zero-order valence-electron chi connectivity index (χ0n) is 20.0. The van der Waals surface area contributed by atoms with Crippen LogP contribution in [0.25, 0.3) is 22.8 Å². The highest BCUT2D eigenvalue weighted by atomic mass is 16.5. The minimum Gasteiger partial charge on any atom is -0.490 e. The number of hydrogen-bond acceptors (Lipinski definition) is 7. The van der Waals surface area contributed by atoms with Gasteiger partial charge in [0.15, 0.2) is 0 Å². The third kappa shape index (κ3) is 5.24. The zero-order valence-corrected chi connectivity index (χ0v) is 20.0. The van der Waals surface area contributed by atoms with Gasteiger partial charge in [0.2, 0.25) is 5.82 Å². The molecule has 4 rings (SSSR count). The van der Waals surface area contributed by atoms with Crippen molar-refractivity contribution in [2.24, 2.45) is 0 Å². The minimum atomic E-state index is -0.0200. The van der Waals surface area contributed by atoms with Crippen molar-refractivity contribution in [3.8, 4) is 34.7 Å². The van der Waals surface area contributed by atoms with Crippen molar-refractivity contribution in [3.05, 3.63) is 53.1 Å². The van der Waals surface area contributed by atoms with Gasteiger partial charge in [0, 0.05) is 23.7 Å². The number of likely N-dealkylation sites (N-methyl/N-ethyl adjacent to an activating group) is 1. The fourth-order valence-electron chi connectivity index (χ4n) is 4.17. The molecule has 1 unspecified atom stereocenters. The molecule has 2 aromatic carbocycles. The number of benzene rings is 2. The maximum atomic E-state index is 9.48. The molecule has 1 aromatic heterocycles. The van der Waals surface area contributed by atoms with Crippen LogP contribution in [0.1, 0.15) is 56.8 Å². The molecule has 0 radical (unpaired) electrons. The van der Waals surface area contributed by atoms with Crippen molar-refractivity contribution in [1.29, 1.82) is 5.26 Å². The molecular weight excluding hydrogens is 416 g/mol. The van der Waals surface area contributed by atoms with E-state index in [-0.39, 0.29) is 18.8 Å². The number of rotatable bonds is 7. The van der Waals surface area contributed by atoms with Gasteiger partial charge in [-0.15, -0.1) is 0 Å². The van der Waals surface area contributed by atoms with E-state index in [2.05, 4.69) is 27.2 Å². The van der Waals surface area contributed by atoms with E-state index in [1.165, 1.54) is 11.1 Å². The first-order valence-electron chi connectivity index (χ1n) is 11.5. The van der Waals surface area contributed by atoms with E-state index in [9.17, 15) is 10.4 Å². The molecule has 0 bridgehead atoms. The Hall–Kier alpha value is -3.21. The third-order valence-corrected chi connectivity index (χ3v) is 5.60. The average Bonchev–Trinajstić information content (AvgIpc) is 3.48. The standard InChI is InChI=1S/C24H26N4O3.C2H6/c1-15(2)30-22-10-7-16(13-17(22)14-25)24-26-23(27-31-24)20-6-4-5-19-18(20)8-9-21(19)28(3)11-12-29;1-2/h4-7,10,13,15,21,29H,8-9,11-12H2,1-3H3;1-2H3. The van der Waals surface area contributed by atoms with Gasteiger partial charge in [-0.2, -0.15) is 10.2 Å². The molecule has 0 saturated carbocycles. The van der Waals surface area contributed by atoms with Crippen LogP contribution in [0, 0.1) is 11.3 Å². The lowest BCUT2D eigenvalue weighted by molar-refractivity contribution is 0.180. The molecule has 0 saturated heterocycles. The van der Waals surface area contributed by atoms with Gasteiger partial charge in [0.25, 0.3) is 5.89 Å². The molecular formula is C26H32N4O3. The van der Waals surface area contributed by atoms with E-state index in [4.69, 9.17) is 9.26 Å². The van der Waals surface area contributed by atoms with Crippen molar-refractivity contribution in [1.82, 2.24) is 15.0 Å². The lowest BCUT2D eigenvalue weighted by Gasteiger charge is -2.24. The van der Waals surface area contributed by atoms with Crippen molar-refractivity contribution < 1.29 is 14.4 Å². The van der Waals surface area contributed by atoms with Crippen LogP contribution in [-0.4, -0.2) is 46.5 Å². The van der Waals surface area contributed by atoms with Gasteiger partial charge in [-0.25, -0.2) is 0 Å². The minimum absolute atomic E-state index is 0.0200. The number of nitrogens with zero attached hydrogens (tertiary/aromatic N) is 4. The first-order chi connectivity index (χ1) is 16.0. The summed E-state index contributed by atoms with van der Waals surface area (Å²) in [5.41, 5.74) is 4.55. The van der Waals surface area contributed by atoms with Crippen molar-refractivity contribution in [2.45, 2.75) is 52.7 Å². The average molecular weight is 449 g/mol. The monoisotopic (exact) mass is 448 g/mol. The van der Waals surface area contributed by atoms with Crippen molar-refractivity contribution >= 4 is 0 Å². The molecule has 7 heteroatoms. The van der Waals surface area contributed by atoms with Crippen molar-refractivity contribution in [2.75, 3.05) is 20.2 Å². The normalized spacial score (nSPS) is 14.6. The largest absolute Gasteiger partial charge is 0.490 e. The Morgan fingerprint density at radius 2 is 2.06 bits per heavy atom. The number of fused-ring (bicyclic) bond motifs is 1. The van der Waals surface area contributed by atoms with Gasteiger partial charge >= 0.3 is 0 Å². The summed E-state index contributed by atoms with van der Waals surface area (Å²) in [7, 11) is 2.04. The Balaban J connectivity index is 0.00000149. The quantitative estimate of drug-likeness (QED) is 0.543. The van der Waals surface area contributed by atoms with E-state index in [0.29, 0.717) is 35.1 Å². The maximum absolute atomic E-state index is 9.48. The summed E-state index contributed by atoms with van der Waals surface area (Å²) in [6.45, 7) is 8.62. The number of nitriles is 1. The first kappa shape index (κ1) is 24.4. The van der Waals surface area contributed by atoms with Crippen LogP contribution in [0.2, 0.25) is 0 Å². The molecule has 3 aromatic rings. The van der Waals surface area contributed by atoms with Crippen molar-refractivity contribution in [3.63, 3.8) is 0 Å². The number of aliphatic hydroxyl groups is 1. The number of ether oxygens (including phenoxy) is 1. The topological polar surface area (TPSA) is 95.4 Å². The predicted molar refractivity (Wildman–Crippen MR) is 128 cm³/mol. The summed E-state index contributed by atoms with van der Waals surface area (Å²) in [4.78, 5) is 6.80. The van der Waals surface area contributed by atoms with Crippen LogP contribution >= 0.6 is 0 Å². The molecule has 0 amide bonds. The Kier molecular flexibility index (Phi) is 8.21. The predicted octanol–water partition coefficient (Wildman–Crippen LogP) is 5.00. The second-order valence-corrected chi connectivity index (χ2v) is 8.04. The fraction of sp³-hybridized carbons (Fsp3) is 0.423. The zero-order chi connectivity index (χ0) is 24.0. The van der Waals surface area contributed by atoms with Gasteiger partial charge in [0.1, 0.15) is 11.8 Å². The molecule has 0 spiro atoms. The molecule has 1 aliphatic carbocycles. The lowest BCUT2D eigenvalue weighted by atomic mass is 10.0. The highest BCUT2D eigenvalue weighted by Crippen LogP contribution is 2.40. The van der Waals surface area contributed by atoms with E-state index < -0.39 is 0 Å². The summed E-state index contributed by atoms with van der Waals surface area (Å²) in [5.74, 6) is 1.45. The van der Waals surface area contributed by atoms with Gasteiger partial charge in [-0.05, 0) is 63.1 Å². The summed E-state index contributed by atoms with van der Waals surface area (Å²) >= 11 is 0. The van der Waals surface area contributed by atoms with Gasteiger partial charge in [-0.3, -0.25) is 4.90 Å². The van der Waals surface area contributed by atoms with Crippen LogP contribution in [0.5, 0.6) is 5.75 Å². The van der Waals surface area contributed by atoms with E-state index in [0.717, 1.165) is 18.4 Å². The van der Waals surface area contributed by atoms with Crippen LogP contribution in [0.3, 0.4) is 0 Å². The van der Waals surface area contributed by atoms with Crippen LogP contribution < -0.4 is 4.74 Å². The second-order valence-electron chi connectivity index (χ2n) is 8.04. The molecule has 0 aliphatic heterocycles. The number of aliphatic hydroxyl groups excluding tert-OH is 1. The van der Waals surface area contributed by atoms with Crippen LogP contribution in [0.4, 0.5) is 0 Å². The summed E-state index contributed by atoms with van der Waals surface area (Å²) in [6.07, 6.45) is 1.90. The molecule has 33 heavy (non-hydrogen) atoms. The molecule has 1 atom stereocenters. The van der Waals surface area contributed by atoms with E-state index >= 15 is 0 Å². The first-order valence-corrected chi connectivity index (χ1v) is 11.5. The maximum Gasteiger partial charge on any atom is 0.258 e. The number of hydrogen-bond donors (Lipinski definition) is 1.